The zero-order valence-corrected chi connectivity index (χ0v) is 11.8. The zero-order valence-electron chi connectivity index (χ0n) is 10.2. The first-order chi connectivity index (χ1) is 8.62. The molecule has 1 aromatic rings. The summed E-state index contributed by atoms with van der Waals surface area (Å²) in [4.78, 5) is 0. The van der Waals surface area contributed by atoms with Gasteiger partial charge in [0.25, 0.3) is 0 Å². The molecule has 0 saturated carbocycles. The highest BCUT2D eigenvalue weighted by Gasteiger charge is 2.25. The molecule has 0 heterocycles. The van der Waals surface area contributed by atoms with E-state index in [1.165, 1.54) is 5.56 Å². The van der Waals surface area contributed by atoms with E-state index in [9.17, 15) is 8.42 Å². The topological polar surface area (TPSA) is 46.2 Å². The molecule has 0 radical (unpaired) electrons. The van der Waals surface area contributed by atoms with Crippen LogP contribution >= 0.6 is 11.6 Å². The second kappa shape index (κ2) is 6.04. The van der Waals surface area contributed by atoms with Crippen LogP contribution in [-0.2, 0) is 16.4 Å². The minimum atomic E-state index is -3.19. The van der Waals surface area contributed by atoms with Crippen LogP contribution in [0.15, 0.2) is 24.3 Å². The van der Waals surface area contributed by atoms with Crippen molar-refractivity contribution in [1.82, 2.24) is 4.72 Å². The summed E-state index contributed by atoms with van der Waals surface area (Å²) in [5, 5.41) is 0. The number of unbranched alkanes of at least 4 members (excludes halogenated alkanes) is 1. The van der Waals surface area contributed by atoms with Crippen LogP contribution in [0.2, 0.25) is 0 Å². The van der Waals surface area contributed by atoms with Crippen molar-refractivity contribution in [2.24, 2.45) is 0 Å². The Morgan fingerprint density at radius 3 is 2.83 bits per heavy atom. The summed E-state index contributed by atoms with van der Waals surface area (Å²) < 4.78 is 26.6. The summed E-state index contributed by atoms with van der Waals surface area (Å²) in [6.45, 7) is 0. The molecule has 0 aliphatic heterocycles. The molecule has 1 aliphatic rings. The minimum Gasteiger partial charge on any atom is -0.212 e. The van der Waals surface area contributed by atoms with Crippen molar-refractivity contribution in [3.8, 4) is 0 Å². The molecule has 0 bridgehead atoms. The zero-order chi connectivity index (χ0) is 13.0. The predicted molar refractivity (Wildman–Crippen MR) is 74.4 cm³/mol. The molecule has 18 heavy (non-hydrogen) atoms. The third-order valence-corrected chi connectivity index (χ3v) is 4.99. The van der Waals surface area contributed by atoms with Crippen molar-refractivity contribution in [3.05, 3.63) is 35.4 Å². The molecule has 1 aliphatic carbocycles. The highest BCUT2D eigenvalue weighted by molar-refractivity contribution is 7.89. The van der Waals surface area contributed by atoms with Gasteiger partial charge < -0.3 is 0 Å². The van der Waals surface area contributed by atoms with Crippen molar-refractivity contribution >= 4 is 21.6 Å². The fourth-order valence-electron chi connectivity index (χ4n) is 2.34. The Morgan fingerprint density at radius 1 is 1.28 bits per heavy atom. The molecule has 1 aromatic carbocycles. The molecule has 1 N–H and O–H groups in total. The van der Waals surface area contributed by atoms with E-state index in [2.05, 4.69) is 10.8 Å². The highest BCUT2D eigenvalue weighted by Crippen LogP contribution is 2.31. The monoisotopic (exact) mass is 287 g/mol. The van der Waals surface area contributed by atoms with Crippen LogP contribution in [0.4, 0.5) is 0 Å². The molecule has 1 unspecified atom stereocenters. The number of sulfonamides is 1. The summed E-state index contributed by atoms with van der Waals surface area (Å²) in [6.07, 6.45) is 3.16. The number of rotatable bonds is 6. The van der Waals surface area contributed by atoms with Crippen LogP contribution in [0.1, 0.15) is 36.4 Å². The fraction of sp³-hybridized carbons (Fsp3) is 0.538. The van der Waals surface area contributed by atoms with E-state index in [4.69, 9.17) is 11.6 Å². The molecule has 0 amide bonds. The summed E-state index contributed by atoms with van der Waals surface area (Å²) >= 11 is 5.55. The second-order valence-electron chi connectivity index (χ2n) is 4.62. The van der Waals surface area contributed by atoms with E-state index in [0.717, 1.165) is 24.8 Å². The minimum absolute atomic E-state index is 0.0535. The van der Waals surface area contributed by atoms with E-state index in [-0.39, 0.29) is 11.8 Å². The molecule has 0 saturated heterocycles. The maximum Gasteiger partial charge on any atom is 0.212 e. The third-order valence-electron chi connectivity index (χ3n) is 3.25. The van der Waals surface area contributed by atoms with Crippen LogP contribution in [-0.4, -0.2) is 20.1 Å². The molecule has 3 nitrogen and oxygen atoms in total. The normalized spacial score (nSPS) is 18.8. The maximum absolute atomic E-state index is 11.9. The number of benzene rings is 1. The van der Waals surface area contributed by atoms with E-state index in [1.807, 2.05) is 18.2 Å². The van der Waals surface area contributed by atoms with E-state index in [0.29, 0.717) is 12.3 Å². The van der Waals surface area contributed by atoms with Gasteiger partial charge >= 0.3 is 0 Å². The molecule has 5 heteroatoms. The molecule has 0 fully saturated rings. The Kier molecular flexibility index (Phi) is 4.65. The Morgan fingerprint density at radius 2 is 2.06 bits per heavy atom. The quantitative estimate of drug-likeness (QED) is 0.646. The van der Waals surface area contributed by atoms with Gasteiger partial charge in [-0.3, -0.25) is 0 Å². The second-order valence-corrected chi connectivity index (χ2v) is 6.87. The van der Waals surface area contributed by atoms with Gasteiger partial charge in [-0.15, -0.1) is 11.6 Å². The van der Waals surface area contributed by atoms with Crippen molar-refractivity contribution < 1.29 is 8.42 Å². The van der Waals surface area contributed by atoms with Gasteiger partial charge in [-0.1, -0.05) is 24.3 Å². The summed E-state index contributed by atoms with van der Waals surface area (Å²) in [5.74, 6) is 0.681. The van der Waals surface area contributed by atoms with Gasteiger partial charge in [0.2, 0.25) is 10.0 Å². The summed E-state index contributed by atoms with van der Waals surface area (Å²) in [7, 11) is -3.19. The Bertz CT molecular complexity index is 501. The smallest absolute Gasteiger partial charge is 0.212 e. The third kappa shape index (κ3) is 3.46. The lowest BCUT2D eigenvalue weighted by Gasteiger charge is -2.14. The van der Waals surface area contributed by atoms with Gasteiger partial charge in [-0.2, -0.15) is 0 Å². The standard InChI is InChI=1S/C13H18ClNO2S/c14-9-3-4-10-18(16,17)15-13-8-7-11-5-1-2-6-12(11)13/h1-2,5-6,13,15H,3-4,7-10H2. The van der Waals surface area contributed by atoms with Gasteiger partial charge in [0.1, 0.15) is 0 Å². The van der Waals surface area contributed by atoms with Gasteiger partial charge in [0, 0.05) is 11.9 Å². The van der Waals surface area contributed by atoms with Crippen LogP contribution in [0.5, 0.6) is 0 Å². The molecule has 0 spiro atoms. The average molecular weight is 288 g/mol. The lowest BCUT2D eigenvalue weighted by Crippen LogP contribution is -2.29. The van der Waals surface area contributed by atoms with Gasteiger partial charge in [-0.25, -0.2) is 13.1 Å². The van der Waals surface area contributed by atoms with E-state index < -0.39 is 10.0 Å². The first-order valence-corrected chi connectivity index (χ1v) is 8.45. The lowest BCUT2D eigenvalue weighted by atomic mass is 10.1. The average Bonchev–Trinajstić information content (AvgIpc) is 2.72. The fourth-order valence-corrected chi connectivity index (χ4v) is 3.91. The number of hydrogen-bond acceptors (Lipinski definition) is 2. The molecular formula is C13H18ClNO2S. The van der Waals surface area contributed by atoms with E-state index in [1.54, 1.807) is 0 Å². The molecule has 100 valence electrons. The van der Waals surface area contributed by atoms with Gasteiger partial charge in [0.15, 0.2) is 0 Å². The van der Waals surface area contributed by atoms with Crippen molar-refractivity contribution in [3.63, 3.8) is 0 Å². The predicted octanol–water partition coefficient (Wildman–Crippen LogP) is 2.61. The molecule has 2 rings (SSSR count). The first kappa shape index (κ1) is 13.8. The van der Waals surface area contributed by atoms with Gasteiger partial charge in [0.05, 0.1) is 5.75 Å². The van der Waals surface area contributed by atoms with Crippen molar-refractivity contribution in [2.75, 3.05) is 11.6 Å². The lowest BCUT2D eigenvalue weighted by molar-refractivity contribution is 0.552. The number of hydrogen-bond donors (Lipinski definition) is 1. The number of alkyl halides is 1. The highest BCUT2D eigenvalue weighted by atomic mass is 35.5. The molecular weight excluding hydrogens is 270 g/mol. The van der Waals surface area contributed by atoms with Crippen LogP contribution in [0.3, 0.4) is 0 Å². The van der Waals surface area contributed by atoms with Crippen LogP contribution < -0.4 is 4.72 Å². The summed E-state index contributed by atoms with van der Waals surface area (Å²) in [5.41, 5.74) is 2.38. The Labute approximate surface area is 114 Å². The Balaban J connectivity index is 1.99. The maximum atomic E-state index is 11.9. The van der Waals surface area contributed by atoms with Gasteiger partial charge in [-0.05, 0) is 36.8 Å². The largest absolute Gasteiger partial charge is 0.212 e. The molecule has 0 aromatic heterocycles. The van der Waals surface area contributed by atoms with Crippen molar-refractivity contribution in [2.45, 2.75) is 31.7 Å². The SMILES string of the molecule is O=S(=O)(CCCCCl)NC1CCc2ccccc21. The molecule has 1 atom stereocenters. The number of fused-ring (bicyclic) bond motifs is 1. The van der Waals surface area contributed by atoms with Crippen LogP contribution in [0, 0.1) is 0 Å². The Hall–Kier alpha value is -0.580. The van der Waals surface area contributed by atoms with Crippen molar-refractivity contribution in [1.29, 1.82) is 0 Å². The number of aryl methyl sites for hydroxylation is 1. The van der Waals surface area contributed by atoms with Crippen LogP contribution in [0.25, 0.3) is 0 Å². The van der Waals surface area contributed by atoms with E-state index >= 15 is 0 Å². The summed E-state index contributed by atoms with van der Waals surface area (Å²) in [6, 6.07) is 7.97. The number of nitrogens with one attached hydrogen (secondary N) is 1. The number of halogens is 1. The first-order valence-electron chi connectivity index (χ1n) is 6.26.